The molecule has 31 heavy (non-hydrogen) atoms. The molecule has 0 unspecified atom stereocenters. The quantitative estimate of drug-likeness (QED) is 0.518. The third-order valence-corrected chi connectivity index (χ3v) is 11.6. The Morgan fingerprint density at radius 2 is 1.74 bits per heavy atom. The molecule has 0 heterocycles. The van der Waals surface area contributed by atoms with E-state index in [0.717, 1.165) is 19.3 Å². The molecule has 4 rings (SSSR count). The normalized spacial score (nSPS) is 44.8. The maximum absolute atomic E-state index is 11.9. The van der Waals surface area contributed by atoms with Gasteiger partial charge in [0, 0.05) is 13.5 Å². The van der Waals surface area contributed by atoms with Crippen LogP contribution in [0, 0.1) is 39.4 Å². The van der Waals surface area contributed by atoms with E-state index in [1.165, 1.54) is 38.5 Å². The summed E-state index contributed by atoms with van der Waals surface area (Å²) >= 11 is 0. The molecule has 0 aromatic carbocycles. The van der Waals surface area contributed by atoms with Crippen molar-refractivity contribution >= 4 is 5.91 Å². The highest BCUT2D eigenvalue weighted by atomic mass is 16.3. The van der Waals surface area contributed by atoms with Crippen molar-refractivity contribution in [2.24, 2.45) is 39.4 Å². The first kappa shape index (κ1) is 23.3. The molecule has 2 N–H and O–H groups in total. The number of carbonyl (C=O) groups excluding carboxylic acids is 1. The highest BCUT2D eigenvalue weighted by Gasteiger charge is 2.63. The second-order valence-electron chi connectivity index (χ2n) is 12.9. The van der Waals surface area contributed by atoms with Crippen molar-refractivity contribution in [3.8, 4) is 0 Å². The predicted molar refractivity (Wildman–Crippen MR) is 128 cm³/mol. The number of hydrogen-bond acceptors (Lipinski definition) is 2. The number of fused-ring (bicyclic) bond motifs is 4. The van der Waals surface area contributed by atoms with Gasteiger partial charge in [-0.3, -0.25) is 4.79 Å². The summed E-state index contributed by atoms with van der Waals surface area (Å²) < 4.78 is 0. The molecule has 2 fully saturated rings. The second-order valence-corrected chi connectivity index (χ2v) is 12.9. The molecular weight excluding hydrogens is 382 g/mol. The van der Waals surface area contributed by atoms with E-state index in [1.54, 1.807) is 12.6 Å². The average molecular weight is 430 g/mol. The van der Waals surface area contributed by atoms with Crippen molar-refractivity contribution < 1.29 is 9.90 Å². The summed E-state index contributed by atoms with van der Waals surface area (Å²) in [4.78, 5) is 11.9. The van der Waals surface area contributed by atoms with Gasteiger partial charge < -0.3 is 10.4 Å². The Morgan fingerprint density at radius 3 is 2.42 bits per heavy atom. The summed E-state index contributed by atoms with van der Waals surface area (Å²) in [5.74, 6) is 2.09. The fourth-order valence-electron chi connectivity index (χ4n) is 9.31. The van der Waals surface area contributed by atoms with Gasteiger partial charge in [0.25, 0.3) is 0 Å². The van der Waals surface area contributed by atoms with Gasteiger partial charge in [-0.05, 0) is 97.2 Å². The Balaban J connectivity index is 1.65. The Morgan fingerprint density at radius 1 is 1.03 bits per heavy atom. The zero-order valence-corrected chi connectivity index (χ0v) is 21.2. The SMILES string of the molecule is CNC(=O)CC[C@@H](C)[C@H]1CC[C@@]2(C)C3=C(CC[C@]12C)[C@@]1(C)CC[C@H](O)C(C)(C)[C@@H]1CC3. The fraction of sp³-hybridized carbons (Fsp3) is 0.893. The molecule has 3 nitrogen and oxygen atoms in total. The van der Waals surface area contributed by atoms with Gasteiger partial charge in [0.1, 0.15) is 0 Å². The minimum atomic E-state index is -0.158. The van der Waals surface area contributed by atoms with Crippen LogP contribution < -0.4 is 5.32 Å². The van der Waals surface area contributed by atoms with Gasteiger partial charge in [-0.25, -0.2) is 0 Å². The van der Waals surface area contributed by atoms with Gasteiger partial charge in [-0.15, -0.1) is 0 Å². The van der Waals surface area contributed by atoms with Crippen LogP contribution in [0.1, 0.15) is 106 Å². The van der Waals surface area contributed by atoms with Crippen LogP contribution in [0.25, 0.3) is 0 Å². The lowest BCUT2D eigenvalue weighted by atomic mass is 9.43. The van der Waals surface area contributed by atoms with E-state index >= 15 is 0 Å². The zero-order valence-electron chi connectivity index (χ0n) is 21.2. The molecule has 0 saturated heterocycles. The number of amides is 1. The van der Waals surface area contributed by atoms with Crippen LogP contribution in [0.4, 0.5) is 0 Å². The first-order valence-electron chi connectivity index (χ1n) is 13.0. The predicted octanol–water partition coefficient (Wildman–Crippen LogP) is 6.26. The van der Waals surface area contributed by atoms with Crippen LogP contribution in [0.3, 0.4) is 0 Å². The number of aliphatic hydroxyl groups excluding tert-OH is 1. The maximum Gasteiger partial charge on any atom is 0.219 e. The molecule has 1 amide bonds. The molecule has 0 aromatic rings. The Bertz CT molecular complexity index is 769. The molecule has 0 spiro atoms. The molecule has 0 bridgehead atoms. The highest BCUT2D eigenvalue weighted by molar-refractivity contribution is 5.75. The number of allylic oxidation sites excluding steroid dienone is 2. The topological polar surface area (TPSA) is 49.3 Å². The number of hydrogen-bond donors (Lipinski definition) is 2. The molecule has 3 heteroatoms. The van der Waals surface area contributed by atoms with E-state index < -0.39 is 0 Å². The highest BCUT2D eigenvalue weighted by Crippen LogP contribution is 2.72. The van der Waals surface area contributed by atoms with Crippen LogP contribution >= 0.6 is 0 Å². The monoisotopic (exact) mass is 429 g/mol. The number of aliphatic hydroxyl groups is 1. The van der Waals surface area contributed by atoms with Gasteiger partial charge in [0.2, 0.25) is 5.91 Å². The lowest BCUT2D eigenvalue weighted by Gasteiger charge is -2.62. The molecule has 0 aromatic heterocycles. The van der Waals surface area contributed by atoms with Crippen LogP contribution in [-0.2, 0) is 4.79 Å². The van der Waals surface area contributed by atoms with E-state index in [4.69, 9.17) is 0 Å². The van der Waals surface area contributed by atoms with Crippen molar-refractivity contribution in [1.29, 1.82) is 0 Å². The van der Waals surface area contributed by atoms with E-state index in [9.17, 15) is 9.90 Å². The summed E-state index contributed by atoms with van der Waals surface area (Å²) in [6.07, 6.45) is 11.2. The summed E-state index contributed by atoms with van der Waals surface area (Å²) in [5, 5.41) is 13.6. The molecule has 0 radical (unpaired) electrons. The molecule has 4 aliphatic carbocycles. The summed E-state index contributed by atoms with van der Waals surface area (Å²) in [6, 6.07) is 0. The van der Waals surface area contributed by atoms with Crippen molar-refractivity contribution in [2.75, 3.05) is 7.05 Å². The average Bonchev–Trinajstić information content (AvgIpc) is 3.00. The Kier molecular flexibility index (Phi) is 5.72. The summed E-state index contributed by atoms with van der Waals surface area (Å²) in [5.41, 5.74) is 4.54. The van der Waals surface area contributed by atoms with E-state index in [-0.39, 0.29) is 22.8 Å². The first-order chi connectivity index (χ1) is 14.4. The third kappa shape index (κ3) is 3.19. The lowest BCUT2D eigenvalue weighted by Crippen LogP contribution is -2.55. The van der Waals surface area contributed by atoms with Gasteiger partial charge in [-0.1, -0.05) is 52.7 Å². The van der Waals surface area contributed by atoms with Crippen LogP contribution in [0.15, 0.2) is 11.1 Å². The number of rotatable bonds is 4. The number of nitrogens with one attached hydrogen (secondary N) is 1. The summed E-state index contributed by atoms with van der Waals surface area (Å²) in [6.45, 7) is 14.8. The van der Waals surface area contributed by atoms with Crippen LogP contribution in [-0.4, -0.2) is 24.2 Å². The van der Waals surface area contributed by atoms with Crippen LogP contribution in [0.5, 0.6) is 0 Å². The van der Waals surface area contributed by atoms with E-state index in [1.807, 2.05) is 5.57 Å². The van der Waals surface area contributed by atoms with Crippen molar-refractivity contribution in [3.63, 3.8) is 0 Å². The molecule has 4 aliphatic rings. The Hall–Kier alpha value is -0.830. The van der Waals surface area contributed by atoms with Gasteiger partial charge >= 0.3 is 0 Å². The van der Waals surface area contributed by atoms with Gasteiger partial charge in [0.15, 0.2) is 0 Å². The standard InChI is InChI=1S/C28H47NO2/c1-18(8-11-24(31)29-7)19-12-16-28(6)21-9-10-22-25(2,3)23(30)14-15-26(22,4)20(21)13-17-27(19,28)5/h18-19,22-23,30H,8-17H2,1-7H3,(H,29,31)/t18-,19-,22+,23+,26-,27-,28+/m1/s1. The van der Waals surface area contributed by atoms with Gasteiger partial charge in [0.05, 0.1) is 6.10 Å². The fourth-order valence-corrected chi connectivity index (χ4v) is 9.31. The minimum Gasteiger partial charge on any atom is -0.393 e. The molecular formula is C28H47NO2. The molecule has 7 atom stereocenters. The second kappa shape index (κ2) is 7.61. The molecule has 2 saturated carbocycles. The largest absolute Gasteiger partial charge is 0.393 e. The lowest BCUT2D eigenvalue weighted by molar-refractivity contribution is -0.121. The van der Waals surface area contributed by atoms with E-state index in [2.05, 4.69) is 46.9 Å². The van der Waals surface area contributed by atoms with E-state index in [0.29, 0.717) is 35.0 Å². The maximum atomic E-state index is 11.9. The molecule has 176 valence electrons. The van der Waals surface area contributed by atoms with Crippen molar-refractivity contribution in [2.45, 2.75) is 112 Å². The zero-order chi connectivity index (χ0) is 22.8. The smallest absolute Gasteiger partial charge is 0.219 e. The Labute approximate surface area is 190 Å². The van der Waals surface area contributed by atoms with Crippen LogP contribution in [0.2, 0.25) is 0 Å². The summed E-state index contributed by atoms with van der Waals surface area (Å²) in [7, 11) is 1.75. The van der Waals surface area contributed by atoms with Crippen molar-refractivity contribution in [1.82, 2.24) is 5.32 Å². The minimum absolute atomic E-state index is 0.0137. The number of carbonyl (C=O) groups is 1. The first-order valence-corrected chi connectivity index (χ1v) is 13.0. The molecule has 0 aliphatic heterocycles. The van der Waals surface area contributed by atoms with Crippen molar-refractivity contribution in [3.05, 3.63) is 11.1 Å². The third-order valence-electron chi connectivity index (χ3n) is 11.6. The van der Waals surface area contributed by atoms with Gasteiger partial charge in [-0.2, -0.15) is 0 Å².